The van der Waals surface area contributed by atoms with E-state index in [0.717, 1.165) is 25.0 Å². The quantitative estimate of drug-likeness (QED) is 0.767. The first-order chi connectivity index (χ1) is 12.2. The van der Waals surface area contributed by atoms with Crippen LogP contribution in [0.25, 0.3) is 0 Å². The van der Waals surface area contributed by atoms with Gasteiger partial charge in [-0.3, -0.25) is 4.79 Å². The molecule has 1 aromatic carbocycles. The lowest BCUT2D eigenvalue weighted by Gasteiger charge is -2.10. The molecule has 1 unspecified atom stereocenters. The fraction of sp³-hybridized carbons (Fsp3) is 0.476. The van der Waals surface area contributed by atoms with Crippen molar-refractivity contribution in [2.75, 3.05) is 0 Å². The van der Waals surface area contributed by atoms with Gasteiger partial charge < -0.3 is 14.5 Å². The Labute approximate surface area is 149 Å². The Kier molecular flexibility index (Phi) is 5.79. The molecule has 1 saturated carbocycles. The van der Waals surface area contributed by atoms with Crippen molar-refractivity contribution < 1.29 is 13.9 Å². The zero-order valence-corrected chi connectivity index (χ0v) is 15.1. The van der Waals surface area contributed by atoms with Gasteiger partial charge in [-0.15, -0.1) is 0 Å². The van der Waals surface area contributed by atoms with E-state index in [-0.39, 0.29) is 5.91 Å². The largest absolute Gasteiger partial charge is 0.486 e. The first-order valence-electron chi connectivity index (χ1n) is 9.28. The van der Waals surface area contributed by atoms with Crippen LogP contribution in [0.4, 0.5) is 0 Å². The summed E-state index contributed by atoms with van der Waals surface area (Å²) < 4.78 is 11.4. The Morgan fingerprint density at radius 3 is 2.60 bits per heavy atom. The van der Waals surface area contributed by atoms with Crippen LogP contribution in [0.3, 0.4) is 0 Å². The van der Waals surface area contributed by atoms with Crippen LogP contribution in [0.5, 0.6) is 5.75 Å². The summed E-state index contributed by atoms with van der Waals surface area (Å²) in [6, 6.07) is 12.0. The molecule has 25 heavy (non-hydrogen) atoms. The lowest BCUT2D eigenvalue weighted by molar-refractivity contribution is 0.0905. The highest BCUT2D eigenvalue weighted by atomic mass is 16.5. The average Bonchev–Trinajstić information content (AvgIpc) is 3.31. The molecule has 4 nitrogen and oxygen atoms in total. The molecule has 1 fully saturated rings. The van der Waals surface area contributed by atoms with E-state index in [1.807, 2.05) is 12.1 Å². The maximum absolute atomic E-state index is 12.2. The number of hydrogen-bond donors (Lipinski definition) is 1. The summed E-state index contributed by atoms with van der Waals surface area (Å²) in [5, 5.41) is 3.03. The Hall–Kier alpha value is -2.23. The Morgan fingerprint density at radius 2 is 1.92 bits per heavy atom. The number of carbonyl (C=O) groups excluding carboxylic acids is 1. The summed E-state index contributed by atoms with van der Waals surface area (Å²) in [4.78, 5) is 12.2. The minimum atomic E-state index is -0.129. The number of carbonyl (C=O) groups is 1. The minimum absolute atomic E-state index is 0.129. The van der Waals surface area contributed by atoms with Crippen LogP contribution in [0.15, 0.2) is 40.8 Å². The van der Waals surface area contributed by atoms with Crippen LogP contribution in [0.2, 0.25) is 0 Å². The molecule has 1 aromatic heterocycles. The lowest BCUT2D eigenvalue weighted by Crippen LogP contribution is -2.32. The molecule has 0 spiro atoms. The summed E-state index contributed by atoms with van der Waals surface area (Å²) in [5.74, 6) is 2.25. The Bertz CT molecular complexity index is 683. The van der Waals surface area contributed by atoms with Crippen molar-refractivity contribution in [3.63, 3.8) is 0 Å². The molecule has 0 radical (unpaired) electrons. The molecule has 1 aliphatic carbocycles. The molecule has 1 amide bonds. The molecule has 1 aliphatic rings. The number of hydrogen-bond acceptors (Lipinski definition) is 3. The van der Waals surface area contributed by atoms with E-state index in [0.29, 0.717) is 30.1 Å². The first kappa shape index (κ1) is 17.6. The van der Waals surface area contributed by atoms with Crippen LogP contribution < -0.4 is 10.1 Å². The number of nitrogens with one attached hydrogen (secondary N) is 1. The smallest absolute Gasteiger partial charge is 0.287 e. The van der Waals surface area contributed by atoms with Gasteiger partial charge >= 0.3 is 0 Å². The van der Waals surface area contributed by atoms with E-state index in [9.17, 15) is 4.79 Å². The Morgan fingerprint density at radius 1 is 1.20 bits per heavy atom. The monoisotopic (exact) mass is 341 g/mol. The van der Waals surface area contributed by atoms with Crippen molar-refractivity contribution >= 4 is 5.91 Å². The second-order valence-electron chi connectivity index (χ2n) is 6.89. The molecule has 3 rings (SSSR count). The van der Waals surface area contributed by atoms with Crippen molar-refractivity contribution in [2.24, 2.45) is 0 Å². The highest BCUT2D eigenvalue weighted by Crippen LogP contribution is 2.22. The van der Waals surface area contributed by atoms with Crippen molar-refractivity contribution in [1.29, 1.82) is 0 Å². The molecular formula is C21H27NO3. The van der Waals surface area contributed by atoms with Crippen LogP contribution >= 0.6 is 0 Å². The number of rotatable bonds is 7. The maximum Gasteiger partial charge on any atom is 0.287 e. The SMILES string of the molecule is CCC(C)c1ccc(OCc2ccc(C(=O)NC3CCCC3)o2)cc1. The van der Waals surface area contributed by atoms with E-state index in [4.69, 9.17) is 9.15 Å². The third-order valence-electron chi connectivity index (χ3n) is 5.02. The second kappa shape index (κ2) is 8.24. The second-order valence-corrected chi connectivity index (χ2v) is 6.89. The third kappa shape index (κ3) is 4.65. The van der Waals surface area contributed by atoms with Gasteiger partial charge in [-0.25, -0.2) is 0 Å². The van der Waals surface area contributed by atoms with Crippen LogP contribution in [-0.2, 0) is 6.61 Å². The Balaban J connectivity index is 1.52. The van der Waals surface area contributed by atoms with Crippen LogP contribution in [0.1, 0.15) is 73.7 Å². The average molecular weight is 341 g/mol. The molecule has 0 bridgehead atoms. The third-order valence-corrected chi connectivity index (χ3v) is 5.02. The highest BCUT2D eigenvalue weighted by molar-refractivity contribution is 5.91. The highest BCUT2D eigenvalue weighted by Gasteiger charge is 2.19. The minimum Gasteiger partial charge on any atom is -0.486 e. The predicted molar refractivity (Wildman–Crippen MR) is 97.9 cm³/mol. The van der Waals surface area contributed by atoms with E-state index < -0.39 is 0 Å². The molecule has 1 heterocycles. The van der Waals surface area contributed by atoms with E-state index in [1.54, 1.807) is 12.1 Å². The molecule has 4 heteroatoms. The first-order valence-corrected chi connectivity index (χ1v) is 9.28. The van der Waals surface area contributed by atoms with Gasteiger partial charge in [-0.05, 0) is 55.0 Å². The number of furan rings is 1. The fourth-order valence-corrected chi connectivity index (χ4v) is 3.19. The van der Waals surface area contributed by atoms with Crippen molar-refractivity contribution in [3.8, 4) is 5.75 Å². The van der Waals surface area contributed by atoms with Gasteiger partial charge in [0.15, 0.2) is 5.76 Å². The van der Waals surface area contributed by atoms with Crippen molar-refractivity contribution in [3.05, 3.63) is 53.5 Å². The fourth-order valence-electron chi connectivity index (χ4n) is 3.19. The van der Waals surface area contributed by atoms with Gasteiger partial charge in [0.25, 0.3) is 5.91 Å². The summed E-state index contributed by atoms with van der Waals surface area (Å²) in [7, 11) is 0. The molecule has 2 aromatic rings. The summed E-state index contributed by atoms with van der Waals surface area (Å²) in [6.07, 6.45) is 5.64. The van der Waals surface area contributed by atoms with Gasteiger partial charge in [0, 0.05) is 6.04 Å². The molecule has 1 N–H and O–H groups in total. The maximum atomic E-state index is 12.2. The number of ether oxygens (including phenoxy) is 1. The summed E-state index contributed by atoms with van der Waals surface area (Å²) in [5.41, 5.74) is 1.32. The van der Waals surface area contributed by atoms with Gasteiger partial charge in [-0.2, -0.15) is 0 Å². The molecule has 0 aliphatic heterocycles. The summed E-state index contributed by atoms with van der Waals surface area (Å²) in [6.45, 7) is 4.72. The van der Waals surface area contributed by atoms with Crippen LogP contribution in [0, 0.1) is 0 Å². The van der Waals surface area contributed by atoms with Gasteiger partial charge in [0.05, 0.1) is 0 Å². The zero-order valence-electron chi connectivity index (χ0n) is 15.1. The van der Waals surface area contributed by atoms with Gasteiger partial charge in [0.2, 0.25) is 0 Å². The standard InChI is InChI=1S/C21H27NO3/c1-3-15(2)16-8-10-18(11-9-16)24-14-19-12-13-20(25-19)21(23)22-17-6-4-5-7-17/h8-13,15,17H,3-7,14H2,1-2H3,(H,22,23). The molecule has 134 valence electrons. The van der Waals surface area contributed by atoms with Crippen molar-refractivity contribution in [2.45, 2.75) is 64.5 Å². The normalized spacial score (nSPS) is 15.9. The van der Waals surface area contributed by atoms with Gasteiger partial charge in [0.1, 0.15) is 18.1 Å². The molecular weight excluding hydrogens is 314 g/mol. The number of amides is 1. The topological polar surface area (TPSA) is 51.5 Å². The lowest BCUT2D eigenvalue weighted by atomic mass is 9.99. The summed E-state index contributed by atoms with van der Waals surface area (Å²) >= 11 is 0. The molecule has 1 atom stereocenters. The van der Waals surface area contributed by atoms with E-state index in [2.05, 4.69) is 31.3 Å². The predicted octanol–water partition coefficient (Wildman–Crippen LogP) is 5.04. The van der Waals surface area contributed by atoms with E-state index >= 15 is 0 Å². The van der Waals surface area contributed by atoms with Gasteiger partial charge in [-0.1, -0.05) is 38.8 Å². The van der Waals surface area contributed by atoms with E-state index in [1.165, 1.54) is 18.4 Å². The zero-order chi connectivity index (χ0) is 17.6. The van der Waals surface area contributed by atoms with Crippen LogP contribution in [-0.4, -0.2) is 11.9 Å². The van der Waals surface area contributed by atoms with Crippen molar-refractivity contribution in [1.82, 2.24) is 5.32 Å². The number of benzene rings is 1. The molecule has 0 saturated heterocycles.